The zero-order valence-corrected chi connectivity index (χ0v) is 18.4. The maximum absolute atomic E-state index is 11.8. The van der Waals surface area contributed by atoms with Crippen LogP contribution < -0.4 is 5.73 Å². The Morgan fingerprint density at radius 2 is 1.74 bits per heavy atom. The molecular formula is C23H31N3O5. The van der Waals surface area contributed by atoms with E-state index >= 15 is 0 Å². The van der Waals surface area contributed by atoms with Crippen molar-refractivity contribution in [2.24, 2.45) is 5.73 Å². The van der Waals surface area contributed by atoms with Gasteiger partial charge in [-0.1, -0.05) is 26.2 Å². The molecule has 8 nitrogen and oxygen atoms in total. The second-order valence-electron chi connectivity index (χ2n) is 7.92. The van der Waals surface area contributed by atoms with Crippen LogP contribution in [0.2, 0.25) is 0 Å². The van der Waals surface area contributed by atoms with Crippen molar-refractivity contribution in [2.45, 2.75) is 71.8 Å². The molecule has 2 aromatic rings. The number of nitro benzene ring substituents is 1. The Morgan fingerprint density at radius 1 is 1.16 bits per heavy atom. The number of nitro groups is 1. The molecule has 0 radical (unpaired) electrons. The topological polar surface area (TPSA) is 128 Å². The molecule has 1 aliphatic carbocycles. The molecule has 1 fully saturated rings. The maximum Gasteiger partial charge on any atom is 0.337 e. The van der Waals surface area contributed by atoms with Crippen molar-refractivity contribution in [3.05, 3.63) is 51.2 Å². The fraction of sp³-hybridized carbons (Fsp3) is 0.478. The van der Waals surface area contributed by atoms with Crippen LogP contribution in [0.15, 0.2) is 24.3 Å². The maximum atomic E-state index is 11.8. The van der Waals surface area contributed by atoms with Crippen molar-refractivity contribution in [1.29, 1.82) is 0 Å². The van der Waals surface area contributed by atoms with Crippen LogP contribution in [-0.4, -0.2) is 26.5 Å². The van der Waals surface area contributed by atoms with Crippen molar-refractivity contribution in [3.63, 3.8) is 0 Å². The lowest BCUT2D eigenvalue weighted by molar-refractivity contribution is -0.384. The Hall–Kier alpha value is -3.16. The second-order valence-corrected chi connectivity index (χ2v) is 7.92. The van der Waals surface area contributed by atoms with Gasteiger partial charge in [0.2, 0.25) is 5.91 Å². The summed E-state index contributed by atoms with van der Waals surface area (Å²) in [6, 6.07) is 6.66. The second kappa shape index (κ2) is 10.7. The molecule has 1 aromatic heterocycles. The number of amides is 1. The molecule has 0 unspecified atom stereocenters. The zero-order valence-electron chi connectivity index (χ0n) is 18.4. The van der Waals surface area contributed by atoms with Crippen molar-refractivity contribution >= 4 is 17.6 Å². The van der Waals surface area contributed by atoms with E-state index in [0.717, 1.165) is 54.6 Å². The van der Waals surface area contributed by atoms with E-state index in [2.05, 4.69) is 4.57 Å². The fourth-order valence-corrected chi connectivity index (χ4v) is 4.31. The van der Waals surface area contributed by atoms with Gasteiger partial charge in [-0.05, 0) is 56.4 Å². The highest BCUT2D eigenvalue weighted by atomic mass is 16.6. The summed E-state index contributed by atoms with van der Waals surface area (Å²) in [6.07, 6.45) is 6.94. The number of carbonyl (C=O) groups excluding carboxylic acids is 1. The molecule has 0 saturated heterocycles. The van der Waals surface area contributed by atoms with Gasteiger partial charge in [0.25, 0.3) is 5.69 Å². The quantitative estimate of drug-likeness (QED) is 0.484. The van der Waals surface area contributed by atoms with Crippen LogP contribution in [0.1, 0.15) is 79.5 Å². The van der Waals surface area contributed by atoms with E-state index in [-0.39, 0.29) is 17.6 Å². The lowest BCUT2D eigenvalue weighted by Gasteiger charge is -2.27. The molecule has 3 N–H and O–H groups in total. The van der Waals surface area contributed by atoms with E-state index in [9.17, 15) is 24.8 Å². The lowest BCUT2D eigenvalue weighted by Crippen LogP contribution is -2.15. The first kappa shape index (κ1) is 24.1. The molecule has 31 heavy (non-hydrogen) atoms. The summed E-state index contributed by atoms with van der Waals surface area (Å²) in [4.78, 5) is 32.1. The van der Waals surface area contributed by atoms with Crippen LogP contribution in [0.25, 0.3) is 11.3 Å². The molecule has 1 aromatic carbocycles. The SMILES string of the molecule is CCCC(N)=O.Cc1c(C(=O)O)c(C)n(C2CCCCC2)c1-c1ccc([N+](=O)[O-])cc1. The number of nitrogens with two attached hydrogens (primary N) is 1. The third-order valence-electron chi connectivity index (χ3n) is 5.70. The average Bonchev–Trinajstić information content (AvgIpc) is 2.99. The molecule has 1 amide bonds. The van der Waals surface area contributed by atoms with Gasteiger partial charge in [0, 0.05) is 30.3 Å². The highest BCUT2D eigenvalue weighted by Crippen LogP contribution is 2.39. The van der Waals surface area contributed by atoms with Gasteiger partial charge >= 0.3 is 5.97 Å². The van der Waals surface area contributed by atoms with Crippen LogP contribution in [0.5, 0.6) is 0 Å². The molecule has 0 atom stereocenters. The summed E-state index contributed by atoms with van der Waals surface area (Å²) >= 11 is 0. The Labute approximate surface area is 182 Å². The van der Waals surface area contributed by atoms with Crippen LogP contribution in [-0.2, 0) is 4.79 Å². The first-order chi connectivity index (χ1) is 14.7. The summed E-state index contributed by atoms with van der Waals surface area (Å²) in [5, 5.41) is 20.5. The van der Waals surface area contributed by atoms with Crippen LogP contribution >= 0.6 is 0 Å². The van der Waals surface area contributed by atoms with E-state index in [1.807, 2.05) is 20.8 Å². The fourth-order valence-electron chi connectivity index (χ4n) is 4.31. The molecule has 0 spiro atoms. The van der Waals surface area contributed by atoms with E-state index < -0.39 is 10.9 Å². The van der Waals surface area contributed by atoms with Crippen LogP contribution in [0, 0.1) is 24.0 Å². The van der Waals surface area contributed by atoms with Crippen LogP contribution in [0.3, 0.4) is 0 Å². The van der Waals surface area contributed by atoms with E-state index in [1.54, 1.807) is 12.1 Å². The van der Waals surface area contributed by atoms with Crippen LogP contribution in [0.4, 0.5) is 5.69 Å². The predicted octanol–water partition coefficient (Wildman–Crippen LogP) is 5.16. The number of benzene rings is 1. The first-order valence-corrected chi connectivity index (χ1v) is 10.7. The zero-order chi connectivity index (χ0) is 23.1. The predicted molar refractivity (Wildman–Crippen MR) is 119 cm³/mol. The summed E-state index contributed by atoms with van der Waals surface area (Å²) in [5.41, 5.74) is 8.34. The van der Waals surface area contributed by atoms with Gasteiger partial charge in [0.05, 0.1) is 16.2 Å². The van der Waals surface area contributed by atoms with E-state index in [4.69, 9.17) is 5.73 Å². The van der Waals surface area contributed by atoms with Crippen molar-refractivity contribution in [3.8, 4) is 11.3 Å². The number of carboxylic acid groups (broad SMARTS) is 1. The first-order valence-electron chi connectivity index (χ1n) is 10.7. The monoisotopic (exact) mass is 429 g/mol. The summed E-state index contributed by atoms with van der Waals surface area (Å²) in [6.45, 7) is 5.61. The van der Waals surface area contributed by atoms with Gasteiger partial charge in [-0.15, -0.1) is 0 Å². The van der Waals surface area contributed by atoms with Gasteiger partial charge in [0.15, 0.2) is 0 Å². The smallest absolute Gasteiger partial charge is 0.337 e. The number of primary amides is 1. The Balaban J connectivity index is 0.000000501. The number of carbonyl (C=O) groups is 2. The summed E-state index contributed by atoms with van der Waals surface area (Å²) in [7, 11) is 0. The third kappa shape index (κ3) is 5.71. The largest absolute Gasteiger partial charge is 0.478 e. The number of carboxylic acids is 1. The van der Waals surface area contributed by atoms with Gasteiger partial charge in [-0.25, -0.2) is 4.79 Å². The average molecular weight is 430 g/mol. The van der Waals surface area contributed by atoms with Gasteiger partial charge in [0.1, 0.15) is 0 Å². The molecule has 1 saturated carbocycles. The number of rotatable bonds is 6. The minimum atomic E-state index is -0.923. The van der Waals surface area contributed by atoms with E-state index in [1.165, 1.54) is 18.6 Å². The molecule has 1 aliphatic rings. The summed E-state index contributed by atoms with van der Waals surface area (Å²) in [5.74, 6) is -1.13. The summed E-state index contributed by atoms with van der Waals surface area (Å²) < 4.78 is 2.15. The standard InChI is InChI=1S/C19H22N2O4.C4H9NO/c1-12-17(19(22)23)13(2)20(15-6-4-3-5-7-15)18(12)14-8-10-16(11-9-14)21(24)25;1-2-3-4(5)6/h8-11,15H,3-7H2,1-2H3,(H,22,23);2-3H2,1H3,(H2,5,6). The minimum Gasteiger partial charge on any atom is -0.478 e. The molecule has 0 aliphatic heterocycles. The highest BCUT2D eigenvalue weighted by molar-refractivity contribution is 5.94. The molecule has 0 bridgehead atoms. The lowest BCUT2D eigenvalue weighted by atomic mass is 9.94. The third-order valence-corrected chi connectivity index (χ3v) is 5.70. The Bertz CT molecular complexity index is 941. The number of aromatic nitrogens is 1. The van der Waals surface area contributed by atoms with Gasteiger partial charge < -0.3 is 15.4 Å². The number of aromatic carboxylic acids is 1. The van der Waals surface area contributed by atoms with Crippen molar-refractivity contribution < 1.29 is 19.6 Å². The molecule has 3 rings (SSSR count). The molecule has 168 valence electrons. The number of non-ortho nitro benzene ring substituents is 1. The van der Waals surface area contributed by atoms with E-state index in [0.29, 0.717) is 12.0 Å². The normalized spacial score (nSPS) is 13.9. The Kier molecular flexibility index (Phi) is 8.36. The van der Waals surface area contributed by atoms with Crippen molar-refractivity contribution in [2.75, 3.05) is 0 Å². The van der Waals surface area contributed by atoms with Gasteiger partial charge in [-0.3, -0.25) is 14.9 Å². The van der Waals surface area contributed by atoms with Gasteiger partial charge in [-0.2, -0.15) is 0 Å². The number of hydrogen-bond donors (Lipinski definition) is 2. The number of nitrogens with zero attached hydrogens (tertiary/aromatic N) is 2. The van der Waals surface area contributed by atoms with Crippen molar-refractivity contribution in [1.82, 2.24) is 4.57 Å². The molecule has 1 heterocycles. The number of hydrogen-bond acceptors (Lipinski definition) is 4. The molecular weight excluding hydrogens is 398 g/mol. The minimum absolute atomic E-state index is 0.0346. The highest BCUT2D eigenvalue weighted by Gasteiger charge is 2.28. The molecule has 8 heteroatoms. The Morgan fingerprint density at radius 3 is 2.16 bits per heavy atom.